The van der Waals surface area contributed by atoms with Crippen molar-refractivity contribution in [1.29, 1.82) is 0 Å². The molecule has 0 radical (unpaired) electrons. The number of carbonyl (C=O) groups is 4. The summed E-state index contributed by atoms with van der Waals surface area (Å²) >= 11 is 0. The van der Waals surface area contributed by atoms with Crippen molar-refractivity contribution < 1.29 is 33.4 Å². The van der Waals surface area contributed by atoms with E-state index in [-0.39, 0.29) is 22.9 Å². The minimum atomic E-state index is -1.26. The summed E-state index contributed by atoms with van der Waals surface area (Å²) in [5.41, 5.74) is -2.43. The highest BCUT2D eigenvalue weighted by Gasteiger charge is 2.57. The number of ether oxygens (including phenoxy) is 3. The second-order valence-electron chi connectivity index (χ2n) is 12.1. The number of methoxy groups -OCH3 is 1. The predicted molar refractivity (Wildman–Crippen MR) is 132 cm³/mol. The topological polar surface area (TPSA) is 108 Å². The Kier molecular flexibility index (Phi) is 8.52. The Hall–Kier alpha value is -1.96. The van der Waals surface area contributed by atoms with Gasteiger partial charge in [0.15, 0.2) is 5.60 Å². The molecule has 200 valence electrons. The van der Waals surface area contributed by atoms with Crippen LogP contribution in [0.1, 0.15) is 82.1 Å². The van der Waals surface area contributed by atoms with E-state index >= 15 is 0 Å². The van der Waals surface area contributed by atoms with E-state index in [4.69, 9.17) is 14.2 Å². The molecule has 9 unspecified atom stereocenters. The first-order valence-corrected chi connectivity index (χ1v) is 12.8. The van der Waals surface area contributed by atoms with E-state index in [0.29, 0.717) is 12.8 Å². The van der Waals surface area contributed by atoms with Crippen LogP contribution in [0.15, 0.2) is 0 Å². The lowest BCUT2D eigenvalue weighted by molar-refractivity contribution is -0.173. The van der Waals surface area contributed by atoms with E-state index in [0.717, 1.165) is 0 Å². The van der Waals surface area contributed by atoms with Crippen LogP contribution in [0, 0.1) is 35.0 Å². The molecule has 8 heteroatoms. The fraction of sp³-hybridized carbons (Fsp3) is 0.852. The van der Waals surface area contributed by atoms with Crippen LogP contribution in [0.4, 0.5) is 4.79 Å². The molecule has 1 amide bonds. The second kappa shape index (κ2) is 10.2. The van der Waals surface area contributed by atoms with Crippen molar-refractivity contribution in [3.8, 4) is 0 Å². The summed E-state index contributed by atoms with van der Waals surface area (Å²) in [5.74, 6) is -3.76. The van der Waals surface area contributed by atoms with E-state index in [1.165, 1.54) is 0 Å². The summed E-state index contributed by atoms with van der Waals surface area (Å²) in [5, 5.41) is 2.78. The summed E-state index contributed by atoms with van der Waals surface area (Å²) in [6.07, 6.45) is -0.732. The van der Waals surface area contributed by atoms with Crippen molar-refractivity contribution in [1.82, 2.24) is 5.32 Å². The molecular formula is C27H45NO7. The number of carbonyl (C=O) groups excluding carboxylic acids is 4. The molecule has 2 aliphatic heterocycles. The SMILES string of the molecule is CCC1OC(=O)C(C)C(=O)C(C)C(C(C)(C)C)C(C)(OC)CC(C)C(=O)C(C)C2NC(=O)OC12C. The molecule has 0 spiro atoms. The molecule has 0 aromatic heterocycles. The zero-order valence-corrected chi connectivity index (χ0v) is 23.3. The molecule has 2 rings (SSSR count). The van der Waals surface area contributed by atoms with Gasteiger partial charge >= 0.3 is 12.1 Å². The Morgan fingerprint density at radius 1 is 1.00 bits per heavy atom. The van der Waals surface area contributed by atoms with Gasteiger partial charge in [-0.15, -0.1) is 0 Å². The molecule has 2 heterocycles. The van der Waals surface area contributed by atoms with E-state index in [2.05, 4.69) is 5.32 Å². The molecule has 0 bridgehead atoms. The maximum atomic E-state index is 13.7. The van der Waals surface area contributed by atoms with Gasteiger partial charge in [0.2, 0.25) is 0 Å². The molecule has 1 N–H and O–H groups in total. The summed E-state index contributed by atoms with van der Waals surface area (Å²) in [7, 11) is 1.60. The van der Waals surface area contributed by atoms with Crippen LogP contribution in [0.5, 0.6) is 0 Å². The van der Waals surface area contributed by atoms with Gasteiger partial charge in [-0.3, -0.25) is 14.4 Å². The van der Waals surface area contributed by atoms with E-state index in [1.807, 2.05) is 48.5 Å². The number of alkyl carbamates (subject to hydrolysis) is 1. The largest absolute Gasteiger partial charge is 0.458 e. The molecule has 2 fully saturated rings. The molecular weight excluding hydrogens is 450 g/mol. The zero-order chi connectivity index (χ0) is 27.1. The average Bonchev–Trinajstić information content (AvgIpc) is 3.08. The minimum absolute atomic E-state index is 0.0476. The Balaban J connectivity index is 2.67. The average molecular weight is 496 g/mol. The minimum Gasteiger partial charge on any atom is -0.458 e. The third-order valence-corrected chi connectivity index (χ3v) is 8.40. The van der Waals surface area contributed by atoms with Gasteiger partial charge in [0.05, 0.1) is 11.6 Å². The van der Waals surface area contributed by atoms with Gasteiger partial charge in [-0.05, 0) is 39.0 Å². The smallest absolute Gasteiger partial charge is 0.408 e. The molecule has 0 aliphatic carbocycles. The van der Waals surface area contributed by atoms with Crippen molar-refractivity contribution in [2.24, 2.45) is 35.0 Å². The molecule has 8 nitrogen and oxygen atoms in total. The number of nitrogens with one attached hydrogen (secondary N) is 1. The summed E-state index contributed by atoms with van der Waals surface area (Å²) in [4.78, 5) is 52.8. The van der Waals surface area contributed by atoms with Crippen LogP contribution in [0.25, 0.3) is 0 Å². The van der Waals surface area contributed by atoms with E-state index in [9.17, 15) is 19.2 Å². The van der Waals surface area contributed by atoms with Crippen LogP contribution in [0.2, 0.25) is 0 Å². The van der Waals surface area contributed by atoms with Crippen molar-refractivity contribution in [2.75, 3.05) is 7.11 Å². The first-order chi connectivity index (χ1) is 15.9. The number of rotatable bonds is 2. The lowest BCUT2D eigenvalue weighted by Gasteiger charge is -2.48. The molecule has 2 saturated heterocycles. The molecule has 35 heavy (non-hydrogen) atoms. The second-order valence-corrected chi connectivity index (χ2v) is 12.1. The van der Waals surface area contributed by atoms with Gasteiger partial charge in [-0.25, -0.2) is 4.79 Å². The number of hydrogen-bond donors (Lipinski definition) is 1. The van der Waals surface area contributed by atoms with Gasteiger partial charge in [0.1, 0.15) is 23.6 Å². The van der Waals surface area contributed by atoms with Gasteiger partial charge in [-0.1, -0.05) is 48.5 Å². The quantitative estimate of drug-likeness (QED) is 0.449. The van der Waals surface area contributed by atoms with Gasteiger partial charge in [0.25, 0.3) is 0 Å². The van der Waals surface area contributed by atoms with Crippen LogP contribution in [0.3, 0.4) is 0 Å². The molecule has 0 aromatic carbocycles. The van der Waals surface area contributed by atoms with E-state index < -0.39 is 59.1 Å². The fourth-order valence-corrected chi connectivity index (χ4v) is 6.83. The van der Waals surface area contributed by atoms with Gasteiger partial charge in [0, 0.05) is 30.8 Å². The number of Topliss-reactive ketones (excluding diaryl/α,β-unsaturated/α-hetero) is 2. The van der Waals surface area contributed by atoms with Crippen LogP contribution < -0.4 is 5.32 Å². The monoisotopic (exact) mass is 495 g/mol. The highest BCUT2D eigenvalue weighted by molar-refractivity contribution is 6.00. The number of amides is 1. The lowest BCUT2D eigenvalue weighted by atomic mass is 9.61. The van der Waals surface area contributed by atoms with Crippen LogP contribution in [-0.4, -0.2) is 54.1 Å². The van der Waals surface area contributed by atoms with Gasteiger partial charge in [-0.2, -0.15) is 0 Å². The third kappa shape index (κ3) is 5.42. The number of fused-ring (bicyclic) bond motifs is 1. The summed E-state index contributed by atoms with van der Waals surface area (Å²) in [6.45, 7) is 18.6. The predicted octanol–water partition coefficient (Wildman–Crippen LogP) is 4.33. The standard InChI is InChI=1S/C27H45NO7/c1-12-18-27(10)22(28-24(32)35-27)16(4)19(29)14(2)13-26(9,33-11)21(25(6,7)8)15(3)20(30)17(5)23(31)34-18/h14-18,21-22H,12-13H2,1-11H3,(H,28,32). The number of ketones is 2. The number of cyclic esters (lactones) is 1. The third-order valence-electron chi connectivity index (χ3n) is 8.40. The Morgan fingerprint density at radius 3 is 2.06 bits per heavy atom. The Bertz CT molecular complexity index is 849. The Labute approximate surface area is 210 Å². The maximum absolute atomic E-state index is 13.7. The normalized spacial score (nSPS) is 42.0. The van der Waals surface area contributed by atoms with Crippen molar-refractivity contribution >= 4 is 23.6 Å². The molecule has 0 aromatic rings. The zero-order valence-electron chi connectivity index (χ0n) is 23.3. The Morgan fingerprint density at radius 2 is 1.57 bits per heavy atom. The first kappa shape index (κ1) is 29.3. The number of hydrogen-bond acceptors (Lipinski definition) is 7. The first-order valence-electron chi connectivity index (χ1n) is 12.8. The molecule has 0 saturated carbocycles. The van der Waals surface area contributed by atoms with Crippen molar-refractivity contribution in [3.63, 3.8) is 0 Å². The van der Waals surface area contributed by atoms with Crippen molar-refractivity contribution in [3.05, 3.63) is 0 Å². The van der Waals surface area contributed by atoms with Crippen LogP contribution >= 0.6 is 0 Å². The maximum Gasteiger partial charge on any atom is 0.408 e. The summed E-state index contributed by atoms with van der Waals surface area (Å²) in [6, 6.07) is -0.692. The molecule has 9 atom stereocenters. The van der Waals surface area contributed by atoms with Crippen LogP contribution in [-0.2, 0) is 28.6 Å². The highest BCUT2D eigenvalue weighted by atomic mass is 16.6. The summed E-state index contributed by atoms with van der Waals surface area (Å²) < 4.78 is 17.5. The lowest BCUT2D eigenvalue weighted by Crippen LogP contribution is -2.57. The van der Waals surface area contributed by atoms with Gasteiger partial charge < -0.3 is 19.5 Å². The fourth-order valence-electron chi connectivity index (χ4n) is 6.83. The molecule has 2 aliphatic rings. The van der Waals surface area contributed by atoms with Crippen molar-refractivity contribution in [2.45, 2.75) is 105 Å². The number of esters is 1. The van der Waals surface area contributed by atoms with E-state index in [1.54, 1.807) is 27.9 Å². The highest BCUT2D eigenvalue weighted by Crippen LogP contribution is 2.46.